The molecule has 0 N–H and O–H groups in total. The molecule has 94 valence electrons. The summed E-state index contributed by atoms with van der Waals surface area (Å²) < 4.78 is 1.37. The maximum atomic E-state index is 12.3. The highest BCUT2D eigenvalue weighted by atomic mass is 35.5. The van der Waals surface area contributed by atoms with Gasteiger partial charge < -0.3 is 0 Å². The van der Waals surface area contributed by atoms with Crippen LogP contribution in [0.4, 0.5) is 0 Å². The van der Waals surface area contributed by atoms with Crippen molar-refractivity contribution < 1.29 is 4.79 Å². The van der Waals surface area contributed by atoms with E-state index in [1.807, 2.05) is 0 Å². The summed E-state index contributed by atoms with van der Waals surface area (Å²) in [5.41, 5.74) is 0.334. The van der Waals surface area contributed by atoms with Gasteiger partial charge in [0.2, 0.25) is 5.78 Å². The quantitative estimate of drug-likeness (QED) is 0.682. The number of ketones is 1. The molecule has 4 nitrogen and oxygen atoms in total. The lowest BCUT2D eigenvalue weighted by Crippen LogP contribution is -2.09. The van der Waals surface area contributed by atoms with Crippen LogP contribution in [0.2, 0.25) is 5.02 Å². The summed E-state index contributed by atoms with van der Waals surface area (Å²) in [5, 5.41) is 0.575. The minimum atomic E-state index is -0.198. The molecule has 0 bridgehead atoms. The molecule has 0 aliphatic carbocycles. The maximum Gasteiger partial charge on any atom is 0.258 e. The average molecular weight is 291 g/mol. The molecular weight excluding hydrogens is 284 g/mol. The number of thiazole rings is 1. The van der Waals surface area contributed by atoms with Crippen LogP contribution in [-0.4, -0.2) is 15.2 Å². The number of carbonyl (C=O) groups excluding carboxylic acids is 1. The first-order valence-corrected chi connectivity index (χ1v) is 6.62. The van der Waals surface area contributed by atoms with Gasteiger partial charge in [0.15, 0.2) is 4.96 Å². The van der Waals surface area contributed by atoms with Gasteiger partial charge in [-0.25, -0.2) is 4.98 Å². The van der Waals surface area contributed by atoms with Gasteiger partial charge in [-0.1, -0.05) is 22.9 Å². The molecule has 0 saturated carbocycles. The number of hydrogen-bond acceptors (Lipinski definition) is 4. The first-order chi connectivity index (χ1) is 9.15. The van der Waals surface area contributed by atoms with Gasteiger partial charge in [0.05, 0.1) is 4.88 Å². The average Bonchev–Trinajstić information content (AvgIpc) is 2.84. The molecule has 1 aromatic carbocycles. The van der Waals surface area contributed by atoms with E-state index in [1.54, 1.807) is 24.3 Å². The maximum absolute atomic E-state index is 12.3. The SMILES string of the molecule is O=C(c1ccc(Cl)cc1)c1cn2c(=O)ccnc2s1. The summed E-state index contributed by atoms with van der Waals surface area (Å²) in [6, 6.07) is 7.99. The number of nitrogens with zero attached hydrogens (tertiary/aromatic N) is 2. The van der Waals surface area contributed by atoms with E-state index >= 15 is 0 Å². The third-order valence-electron chi connectivity index (χ3n) is 2.62. The van der Waals surface area contributed by atoms with Crippen LogP contribution in [0.1, 0.15) is 15.2 Å². The molecule has 6 heteroatoms. The summed E-state index contributed by atoms with van der Waals surface area (Å²) in [6.07, 6.45) is 2.96. The molecule has 19 heavy (non-hydrogen) atoms. The lowest BCUT2D eigenvalue weighted by Gasteiger charge is -1.96. The Kier molecular flexibility index (Phi) is 2.93. The highest BCUT2D eigenvalue weighted by Gasteiger charge is 2.13. The molecule has 0 atom stereocenters. The molecule has 0 aliphatic rings. The molecule has 0 radical (unpaired) electrons. The fourth-order valence-corrected chi connectivity index (χ4v) is 2.73. The molecule has 0 amide bonds. The molecule has 0 saturated heterocycles. The van der Waals surface area contributed by atoms with Crippen LogP contribution in [0.5, 0.6) is 0 Å². The standard InChI is InChI=1S/C13H7ClN2O2S/c14-9-3-1-8(2-4-9)12(18)10-7-16-11(17)5-6-15-13(16)19-10/h1-7H. The summed E-state index contributed by atoms with van der Waals surface area (Å²) in [5.74, 6) is -0.147. The molecule has 0 fully saturated rings. The smallest absolute Gasteiger partial charge is 0.258 e. The number of hydrogen-bond donors (Lipinski definition) is 0. The number of benzene rings is 1. The molecule has 2 heterocycles. The summed E-state index contributed by atoms with van der Waals surface area (Å²) >= 11 is 6.97. The summed E-state index contributed by atoms with van der Waals surface area (Å²) in [7, 11) is 0. The van der Waals surface area contributed by atoms with Crippen molar-refractivity contribution in [3.05, 3.63) is 68.5 Å². The Hall–Kier alpha value is -1.98. The Morgan fingerprint density at radius 1 is 1.21 bits per heavy atom. The summed E-state index contributed by atoms with van der Waals surface area (Å²) in [6.45, 7) is 0. The second kappa shape index (κ2) is 4.60. The van der Waals surface area contributed by atoms with Gasteiger partial charge in [-0.3, -0.25) is 14.0 Å². The third-order valence-corrected chi connectivity index (χ3v) is 3.87. The van der Waals surface area contributed by atoms with Gasteiger partial charge in [0.1, 0.15) is 0 Å². The minimum absolute atomic E-state index is 0.147. The van der Waals surface area contributed by atoms with E-state index in [9.17, 15) is 9.59 Å². The Bertz CT molecular complexity index is 821. The number of rotatable bonds is 2. The highest BCUT2D eigenvalue weighted by molar-refractivity contribution is 7.19. The zero-order valence-electron chi connectivity index (χ0n) is 9.54. The van der Waals surface area contributed by atoms with Crippen molar-refractivity contribution in [2.45, 2.75) is 0 Å². The topological polar surface area (TPSA) is 51.4 Å². The van der Waals surface area contributed by atoms with E-state index in [4.69, 9.17) is 11.6 Å². The first-order valence-electron chi connectivity index (χ1n) is 5.42. The number of aromatic nitrogens is 2. The zero-order chi connectivity index (χ0) is 13.4. The van der Waals surface area contributed by atoms with Crippen molar-refractivity contribution in [1.82, 2.24) is 9.38 Å². The van der Waals surface area contributed by atoms with Crippen LogP contribution in [0.3, 0.4) is 0 Å². The van der Waals surface area contributed by atoms with E-state index < -0.39 is 0 Å². The predicted molar refractivity (Wildman–Crippen MR) is 74.2 cm³/mol. The van der Waals surface area contributed by atoms with Gasteiger partial charge in [0, 0.05) is 29.0 Å². The first kappa shape index (κ1) is 12.1. The monoisotopic (exact) mass is 290 g/mol. The highest BCUT2D eigenvalue weighted by Crippen LogP contribution is 2.19. The van der Waals surface area contributed by atoms with Gasteiger partial charge in [0.25, 0.3) is 5.56 Å². The zero-order valence-corrected chi connectivity index (χ0v) is 11.1. The number of halogens is 1. The molecule has 2 aromatic heterocycles. The Labute approximate surface area is 116 Å². The van der Waals surface area contributed by atoms with Crippen LogP contribution in [-0.2, 0) is 0 Å². The second-order valence-corrected chi connectivity index (χ2v) is 5.31. The van der Waals surface area contributed by atoms with Gasteiger partial charge in [-0.15, -0.1) is 0 Å². The minimum Gasteiger partial charge on any atom is -0.288 e. The molecule has 3 aromatic rings. The van der Waals surface area contributed by atoms with Gasteiger partial charge >= 0.3 is 0 Å². The molecule has 0 spiro atoms. The molecule has 0 aliphatic heterocycles. The fraction of sp³-hybridized carbons (Fsp3) is 0. The Morgan fingerprint density at radius 2 is 1.95 bits per heavy atom. The number of fused-ring (bicyclic) bond motifs is 1. The Balaban J connectivity index is 2.09. The lowest BCUT2D eigenvalue weighted by molar-refractivity contribution is 0.104. The van der Waals surface area contributed by atoms with E-state index in [0.717, 1.165) is 0 Å². The number of carbonyl (C=O) groups is 1. The van der Waals surface area contributed by atoms with Crippen molar-refractivity contribution in [3.8, 4) is 0 Å². The van der Waals surface area contributed by atoms with Crippen molar-refractivity contribution >= 4 is 33.7 Å². The van der Waals surface area contributed by atoms with Crippen molar-refractivity contribution in [1.29, 1.82) is 0 Å². The van der Waals surface area contributed by atoms with E-state index in [2.05, 4.69) is 4.98 Å². The van der Waals surface area contributed by atoms with Crippen molar-refractivity contribution in [2.75, 3.05) is 0 Å². The predicted octanol–water partition coefficient (Wildman–Crippen LogP) is 2.64. The van der Waals surface area contributed by atoms with Crippen molar-refractivity contribution in [2.24, 2.45) is 0 Å². The van der Waals surface area contributed by atoms with Gasteiger partial charge in [-0.2, -0.15) is 0 Å². The van der Waals surface area contributed by atoms with Crippen LogP contribution in [0, 0.1) is 0 Å². The van der Waals surface area contributed by atoms with E-state index in [0.29, 0.717) is 20.4 Å². The van der Waals surface area contributed by atoms with Crippen LogP contribution in [0.25, 0.3) is 4.96 Å². The van der Waals surface area contributed by atoms with Gasteiger partial charge in [-0.05, 0) is 24.3 Å². The van der Waals surface area contributed by atoms with Crippen LogP contribution in [0.15, 0.2) is 47.5 Å². The van der Waals surface area contributed by atoms with E-state index in [-0.39, 0.29) is 11.3 Å². The van der Waals surface area contributed by atoms with Crippen molar-refractivity contribution in [3.63, 3.8) is 0 Å². The largest absolute Gasteiger partial charge is 0.288 e. The lowest BCUT2D eigenvalue weighted by atomic mass is 10.1. The second-order valence-electron chi connectivity index (χ2n) is 3.87. The Morgan fingerprint density at radius 3 is 2.63 bits per heavy atom. The summed E-state index contributed by atoms with van der Waals surface area (Å²) in [4.78, 5) is 28.9. The fourth-order valence-electron chi connectivity index (χ4n) is 1.69. The van der Waals surface area contributed by atoms with Crippen LogP contribution < -0.4 is 5.56 Å². The molecule has 0 unspecified atom stereocenters. The normalized spacial score (nSPS) is 10.8. The molecular formula is C13H7ClN2O2S. The van der Waals surface area contributed by atoms with Crippen LogP contribution >= 0.6 is 22.9 Å². The van der Waals surface area contributed by atoms with E-state index in [1.165, 1.54) is 34.2 Å². The third kappa shape index (κ3) is 2.18. The molecule has 3 rings (SSSR count).